The molecule has 2 heterocycles. The minimum absolute atomic E-state index is 0.249. The van der Waals surface area contributed by atoms with Crippen LogP contribution < -0.4 is 11.1 Å². The maximum absolute atomic E-state index is 5.88. The van der Waals surface area contributed by atoms with Gasteiger partial charge in [0.1, 0.15) is 0 Å². The minimum Gasteiger partial charge on any atom is -0.420 e. The van der Waals surface area contributed by atoms with Gasteiger partial charge in [-0.1, -0.05) is 29.0 Å². The van der Waals surface area contributed by atoms with E-state index in [2.05, 4.69) is 20.5 Å². The van der Waals surface area contributed by atoms with Crippen molar-refractivity contribution in [2.45, 2.75) is 6.92 Å². The van der Waals surface area contributed by atoms with Crippen molar-refractivity contribution < 1.29 is 4.42 Å². The normalized spacial score (nSPS) is 10.7. The lowest BCUT2D eigenvalue weighted by Gasteiger charge is -1.95. The molecule has 2 aromatic heterocycles. The fraction of sp³-hybridized carbons (Fsp3) is 0.154. The van der Waals surface area contributed by atoms with Gasteiger partial charge in [-0.25, -0.2) is 4.98 Å². The zero-order valence-electron chi connectivity index (χ0n) is 11.0. The largest absolute Gasteiger partial charge is 0.420 e. The average molecular weight is 287 g/mol. The lowest BCUT2D eigenvalue weighted by Crippen LogP contribution is -1.86. The molecule has 20 heavy (non-hydrogen) atoms. The number of nitrogen functional groups attached to an aromatic ring is 1. The SMILES string of the molecule is CNc1nnc(-c2nc(-c3ccc(C)cc3)oc2N)s1. The standard InChI is InChI=1S/C13H13N5OS/c1-7-3-5-8(6-4-7)11-16-9(10(14)19-11)12-17-18-13(15-2)20-12/h3-6H,14H2,1-2H3,(H,15,18). The highest BCUT2D eigenvalue weighted by atomic mass is 32.1. The molecule has 0 aliphatic rings. The lowest BCUT2D eigenvalue weighted by atomic mass is 10.1. The van der Waals surface area contributed by atoms with Crippen molar-refractivity contribution in [2.75, 3.05) is 18.1 Å². The van der Waals surface area contributed by atoms with Crippen LogP contribution in [0.25, 0.3) is 22.2 Å². The third-order valence-corrected chi connectivity index (χ3v) is 3.74. The van der Waals surface area contributed by atoms with E-state index in [9.17, 15) is 0 Å². The molecule has 0 atom stereocenters. The first-order valence-electron chi connectivity index (χ1n) is 6.02. The molecule has 7 heteroatoms. The molecule has 0 saturated carbocycles. The second kappa shape index (κ2) is 4.93. The quantitative estimate of drug-likeness (QED) is 0.770. The maximum Gasteiger partial charge on any atom is 0.229 e. The summed E-state index contributed by atoms with van der Waals surface area (Å²) in [6, 6.07) is 7.89. The molecular formula is C13H13N5OS. The first kappa shape index (κ1) is 12.6. The smallest absolute Gasteiger partial charge is 0.229 e. The number of benzene rings is 1. The van der Waals surface area contributed by atoms with Gasteiger partial charge in [0.25, 0.3) is 0 Å². The summed E-state index contributed by atoms with van der Waals surface area (Å²) in [5.74, 6) is 0.734. The second-order valence-corrected chi connectivity index (χ2v) is 5.24. The first-order valence-corrected chi connectivity index (χ1v) is 6.84. The summed E-state index contributed by atoms with van der Waals surface area (Å²) in [5.41, 5.74) is 8.47. The molecule has 0 radical (unpaired) electrons. The third-order valence-electron chi connectivity index (χ3n) is 2.79. The van der Waals surface area contributed by atoms with Crippen LogP contribution in [0.2, 0.25) is 0 Å². The molecule has 0 amide bonds. The second-order valence-electron chi connectivity index (χ2n) is 4.26. The Labute approximate surface area is 119 Å². The first-order chi connectivity index (χ1) is 9.67. The molecule has 0 fully saturated rings. The van der Waals surface area contributed by atoms with Crippen molar-refractivity contribution in [2.24, 2.45) is 0 Å². The zero-order valence-corrected chi connectivity index (χ0v) is 11.9. The van der Waals surface area contributed by atoms with Crippen LogP contribution in [0.5, 0.6) is 0 Å². The molecular weight excluding hydrogens is 274 g/mol. The molecule has 0 spiro atoms. The molecule has 0 saturated heterocycles. The molecule has 0 unspecified atom stereocenters. The summed E-state index contributed by atoms with van der Waals surface area (Å²) in [5, 5.41) is 12.3. The van der Waals surface area contributed by atoms with Crippen LogP contribution in [0.3, 0.4) is 0 Å². The van der Waals surface area contributed by atoms with Crippen LogP contribution >= 0.6 is 11.3 Å². The van der Waals surface area contributed by atoms with Crippen molar-refractivity contribution in [1.82, 2.24) is 15.2 Å². The van der Waals surface area contributed by atoms with E-state index in [-0.39, 0.29) is 5.88 Å². The van der Waals surface area contributed by atoms with Crippen molar-refractivity contribution in [1.29, 1.82) is 0 Å². The van der Waals surface area contributed by atoms with Crippen LogP contribution in [0.1, 0.15) is 5.56 Å². The number of hydrogen-bond donors (Lipinski definition) is 2. The van der Waals surface area contributed by atoms with Crippen LogP contribution in [0, 0.1) is 6.92 Å². The molecule has 102 valence electrons. The van der Waals surface area contributed by atoms with E-state index in [1.165, 1.54) is 16.9 Å². The van der Waals surface area contributed by atoms with Gasteiger partial charge in [0.15, 0.2) is 10.7 Å². The summed E-state index contributed by atoms with van der Waals surface area (Å²) >= 11 is 1.38. The van der Waals surface area contributed by atoms with Crippen molar-refractivity contribution >= 4 is 22.4 Å². The Morgan fingerprint density at radius 1 is 1.20 bits per heavy atom. The van der Waals surface area contributed by atoms with Gasteiger partial charge in [-0.3, -0.25) is 0 Å². The minimum atomic E-state index is 0.249. The fourth-order valence-electron chi connectivity index (χ4n) is 1.72. The Hall–Kier alpha value is -2.41. The van der Waals surface area contributed by atoms with E-state index in [1.54, 1.807) is 7.05 Å². The summed E-state index contributed by atoms with van der Waals surface area (Å²) in [4.78, 5) is 4.42. The lowest BCUT2D eigenvalue weighted by molar-refractivity contribution is 0.594. The Morgan fingerprint density at radius 2 is 1.95 bits per heavy atom. The molecule has 6 nitrogen and oxygen atoms in total. The number of nitrogens with one attached hydrogen (secondary N) is 1. The highest BCUT2D eigenvalue weighted by molar-refractivity contribution is 7.18. The third kappa shape index (κ3) is 2.23. The van der Waals surface area contributed by atoms with Gasteiger partial charge in [0.2, 0.25) is 16.9 Å². The summed E-state index contributed by atoms with van der Waals surface area (Å²) < 4.78 is 5.52. The van der Waals surface area contributed by atoms with Crippen molar-refractivity contribution in [3.8, 4) is 22.2 Å². The van der Waals surface area contributed by atoms with E-state index >= 15 is 0 Å². The average Bonchev–Trinajstić information content (AvgIpc) is 3.05. The number of nitrogens with zero attached hydrogens (tertiary/aromatic N) is 3. The number of aromatic nitrogens is 3. The number of anilines is 2. The summed E-state index contributed by atoms with van der Waals surface area (Å²) in [7, 11) is 1.79. The molecule has 0 aliphatic carbocycles. The van der Waals surface area contributed by atoms with Crippen molar-refractivity contribution in [3.63, 3.8) is 0 Å². The summed E-state index contributed by atoms with van der Waals surface area (Å²) in [6.45, 7) is 2.03. The van der Waals surface area contributed by atoms with Gasteiger partial charge in [-0.2, -0.15) is 0 Å². The Balaban J connectivity index is 2.00. The van der Waals surface area contributed by atoms with Gasteiger partial charge in [-0.15, -0.1) is 10.2 Å². The molecule has 1 aromatic carbocycles. The van der Waals surface area contributed by atoms with Crippen LogP contribution in [-0.2, 0) is 0 Å². The molecule has 3 rings (SSSR count). The van der Waals surface area contributed by atoms with Crippen LogP contribution in [-0.4, -0.2) is 22.2 Å². The highest BCUT2D eigenvalue weighted by Crippen LogP contribution is 2.33. The van der Waals surface area contributed by atoms with Gasteiger partial charge in [0.05, 0.1) is 0 Å². The predicted molar refractivity (Wildman–Crippen MR) is 79.5 cm³/mol. The number of aryl methyl sites for hydroxylation is 1. The van der Waals surface area contributed by atoms with Gasteiger partial charge in [0, 0.05) is 12.6 Å². The van der Waals surface area contributed by atoms with E-state index in [0.29, 0.717) is 21.7 Å². The molecule has 3 N–H and O–H groups in total. The summed E-state index contributed by atoms with van der Waals surface area (Å²) in [6.07, 6.45) is 0. The van der Waals surface area contributed by atoms with Crippen LogP contribution in [0.15, 0.2) is 28.7 Å². The molecule has 0 aliphatic heterocycles. The Bertz CT molecular complexity index is 732. The maximum atomic E-state index is 5.88. The highest BCUT2D eigenvalue weighted by Gasteiger charge is 2.17. The number of oxazole rings is 1. The van der Waals surface area contributed by atoms with Crippen molar-refractivity contribution in [3.05, 3.63) is 29.8 Å². The van der Waals surface area contributed by atoms with Crippen LogP contribution in [0.4, 0.5) is 11.0 Å². The van der Waals surface area contributed by atoms with Gasteiger partial charge in [-0.05, 0) is 19.1 Å². The predicted octanol–water partition coefficient (Wildman–Crippen LogP) is 2.79. The Morgan fingerprint density at radius 3 is 2.60 bits per heavy atom. The zero-order chi connectivity index (χ0) is 14.1. The van der Waals surface area contributed by atoms with E-state index in [1.807, 2.05) is 31.2 Å². The van der Waals surface area contributed by atoms with Gasteiger partial charge < -0.3 is 15.5 Å². The fourth-order valence-corrected chi connectivity index (χ4v) is 2.42. The Kier molecular flexibility index (Phi) is 3.11. The molecule has 3 aromatic rings. The number of nitrogens with two attached hydrogens (primary N) is 1. The monoisotopic (exact) mass is 287 g/mol. The van der Waals surface area contributed by atoms with E-state index < -0.39 is 0 Å². The van der Waals surface area contributed by atoms with Gasteiger partial charge >= 0.3 is 0 Å². The number of hydrogen-bond acceptors (Lipinski definition) is 7. The van der Waals surface area contributed by atoms with E-state index in [4.69, 9.17) is 10.2 Å². The van der Waals surface area contributed by atoms with E-state index in [0.717, 1.165) is 5.56 Å². The topological polar surface area (TPSA) is 89.9 Å². The number of rotatable bonds is 3. The molecule has 0 bridgehead atoms.